The highest BCUT2D eigenvalue weighted by Crippen LogP contribution is 2.28. The molecule has 110 valence electrons. The molecule has 0 aromatic heterocycles. The van der Waals surface area contributed by atoms with Crippen LogP contribution in [0.5, 0.6) is 5.75 Å². The van der Waals surface area contributed by atoms with E-state index in [1.165, 1.54) is 30.3 Å². The first-order valence-corrected chi connectivity index (χ1v) is 6.43. The van der Waals surface area contributed by atoms with Gasteiger partial charge in [-0.05, 0) is 23.8 Å². The molecule has 0 atom stereocenters. The molecule has 0 radical (unpaired) electrons. The minimum atomic E-state index is -0.576. The quantitative estimate of drug-likeness (QED) is 0.678. The molecule has 2 N–H and O–H groups in total. The van der Waals surface area contributed by atoms with Crippen LogP contribution in [-0.4, -0.2) is 4.92 Å². The molecule has 0 aliphatic carbocycles. The number of nitro groups is 1. The Hall–Kier alpha value is -2.18. The molecule has 0 amide bonds. The van der Waals surface area contributed by atoms with Gasteiger partial charge in [0.05, 0.1) is 15.5 Å². The highest BCUT2D eigenvalue weighted by Gasteiger charge is 2.17. The van der Waals surface area contributed by atoms with Crippen LogP contribution in [0.2, 0.25) is 5.02 Å². The lowest BCUT2D eigenvalue weighted by molar-refractivity contribution is -0.385. The average molecular weight is 311 g/mol. The number of ether oxygens (including phenoxy) is 1. The van der Waals surface area contributed by atoms with Crippen molar-refractivity contribution in [3.63, 3.8) is 0 Å². The molecule has 0 unspecified atom stereocenters. The number of halogens is 2. The highest BCUT2D eigenvalue weighted by molar-refractivity contribution is 6.31. The standard InChI is InChI=1S/C14H12ClFN2O3/c15-11-2-1-3-13(18(19)20)10(11)8-21-14-5-4-9(7-17)6-12(14)16/h1-6H,7-8,17H2. The van der Waals surface area contributed by atoms with E-state index < -0.39 is 10.7 Å². The number of nitrogens with two attached hydrogens (primary N) is 1. The van der Waals surface area contributed by atoms with Gasteiger partial charge in [-0.3, -0.25) is 10.1 Å². The third-order valence-corrected chi connectivity index (χ3v) is 3.25. The maximum absolute atomic E-state index is 13.8. The maximum atomic E-state index is 13.8. The molecule has 2 aromatic carbocycles. The lowest BCUT2D eigenvalue weighted by atomic mass is 10.2. The zero-order valence-electron chi connectivity index (χ0n) is 10.9. The van der Waals surface area contributed by atoms with E-state index in [1.807, 2.05) is 0 Å². The molecule has 0 saturated heterocycles. The summed E-state index contributed by atoms with van der Waals surface area (Å²) in [6.07, 6.45) is 0. The smallest absolute Gasteiger partial charge is 0.277 e. The number of hydrogen-bond donors (Lipinski definition) is 1. The Morgan fingerprint density at radius 3 is 2.71 bits per heavy atom. The van der Waals surface area contributed by atoms with Crippen molar-refractivity contribution in [1.29, 1.82) is 0 Å². The van der Waals surface area contributed by atoms with Crippen LogP contribution in [0, 0.1) is 15.9 Å². The van der Waals surface area contributed by atoms with Crippen molar-refractivity contribution in [1.82, 2.24) is 0 Å². The first-order valence-electron chi connectivity index (χ1n) is 6.06. The fraction of sp³-hybridized carbons (Fsp3) is 0.143. The maximum Gasteiger partial charge on any atom is 0.277 e. The van der Waals surface area contributed by atoms with Gasteiger partial charge in [0, 0.05) is 12.6 Å². The van der Waals surface area contributed by atoms with Crippen LogP contribution >= 0.6 is 11.6 Å². The number of nitro benzene ring substituents is 1. The number of nitrogens with zero attached hydrogens (tertiary/aromatic N) is 1. The third kappa shape index (κ3) is 3.48. The minimum Gasteiger partial charge on any atom is -0.486 e. The van der Waals surface area contributed by atoms with Crippen molar-refractivity contribution in [3.05, 3.63) is 68.5 Å². The minimum absolute atomic E-state index is 0.0126. The normalized spacial score (nSPS) is 10.4. The molecular weight excluding hydrogens is 299 g/mol. The van der Waals surface area contributed by atoms with E-state index >= 15 is 0 Å². The van der Waals surface area contributed by atoms with Gasteiger partial charge in [-0.15, -0.1) is 0 Å². The first kappa shape index (κ1) is 15.2. The Morgan fingerprint density at radius 2 is 2.10 bits per heavy atom. The molecule has 0 bridgehead atoms. The molecule has 0 fully saturated rings. The largest absolute Gasteiger partial charge is 0.486 e. The van der Waals surface area contributed by atoms with E-state index in [2.05, 4.69) is 0 Å². The summed E-state index contributed by atoms with van der Waals surface area (Å²) in [7, 11) is 0. The summed E-state index contributed by atoms with van der Waals surface area (Å²) in [5.41, 5.74) is 6.07. The highest BCUT2D eigenvalue weighted by atomic mass is 35.5. The van der Waals surface area contributed by atoms with Crippen LogP contribution in [0.3, 0.4) is 0 Å². The molecule has 0 aliphatic rings. The van der Waals surface area contributed by atoms with Crippen LogP contribution in [0.4, 0.5) is 10.1 Å². The zero-order chi connectivity index (χ0) is 15.4. The SMILES string of the molecule is NCc1ccc(OCc2c(Cl)cccc2[N+](=O)[O-])c(F)c1. The van der Waals surface area contributed by atoms with E-state index in [0.717, 1.165) is 0 Å². The average Bonchev–Trinajstić information content (AvgIpc) is 2.46. The first-order chi connectivity index (χ1) is 10.0. The number of rotatable bonds is 5. The summed E-state index contributed by atoms with van der Waals surface area (Å²) in [5, 5.41) is 11.1. The van der Waals surface area contributed by atoms with E-state index in [1.54, 1.807) is 6.07 Å². The Kier molecular flexibility index (Phi) is 4.72. The van der Waals surface area contributed by atoms with Gasteiger partial charge >= 0.3 is 0 Å². The second kappa shape index (κ2) is 6.51. The van der Waals surface area contributed by atoms with Gasteiger partial charge in [0.15, 0.2) is 11.6 Å². The topological polar surface area (TPSA) is 78.4 Å². The van der Waals surface area contributed by atoms with Crippen LogP contribution in [-0.2, 0) is 13.2 Å². The Morgan fingerprint density at radius 1 is 1.33 bits per heavy atom. The fourth-order valence-corrected chi connectivity index (χ4v) is 2.02. The Bertz CT molecular complexity index is 679. The lowest BCUT2D eigenvalue weighted by Crippen LogP contribution is -2.03. The van der Waals surface area contributed by atoms with Crippen LogP contribution < -0.4 is 10.5 Å². The Balaban J connectivity index is 2.22. The fourth-order valence-electron chi connectivity index (χ4n) is 1.80. The summed E-state index contributed by atoms with van der Waals surface area (Å²) in [4.78, 5) is 10.4. The van der Waals surface area contributed by atoms with Crippen molar-refractivity contribution >= 4 is 17.3 Å². The van der Waals surface area contributed by atoms with Crippen LogP contribution in [0.1, 0.15) is 11.1 Å². The molecule has 2 aromatic rings. The van der Waals surface area contributed by atoms with Crippen molar-refractivity contribution in [2.24, 2.45) is 5.73 Å². The summed E-state index contributed by atoms with van der Waals surface area (Å²) in [6, 6.07) is 8.62. The van der Waals surface area contributed by atoms with E-state index in [0.29, 0.717) is 5.56 Å². The molecule has 5 nitrogen and oxygen atoms in total. The Labute approximate surface area is 125 Å². The summed E-state index contributed by atoms with van der Waals surface area (Å²) < 4.78 is 19.0. The van der Waals surface area contributed by atoms with Gasteiger partial charge in [0.1, 0.15) is 6.61 Å². The van der Waals surface area contributed by atoms with Gasteiger partial charge in [-0.2, -0.15) is 0 Å². The molecule has 0 aliphatic heterocycles. The van der Waals surface area contributed by atoms with Gasteiger partial charge < -0.3 is 10.5 Å². The second-order valence-corrected chi connectivity index (χ2v) is 4.66. The lowest BCUT2D eigenvalue weighted by Gasteiger charge is -2.10. The van der Waals surface area contributed by atoms with Gasteiger partial charge in [0.25, 0.3) is 5.69 Å². The zero-order valence-corrected chi connectivity index (χ0v) is 11.6. The molecule has 0 saturated carbocycles. The van der Waals surface area contributed by atoms with Crippen LogP contribution in [0.15, 0.2) is 36.4 Å². The van der Waals surface area contributed by atoms with Crippen molar-refractivity contribution < 1.29 is 14.1 Å². The summed E-state index contributed by atoms with van der Waals surface area (Å²) in [6.45, 7) is 0.0159. The monoisotopic (exact) mass is 310 g/mol. The van der Waals surface area contributed by atoms with E-state index in [-0.39, 0.29) is 35.2 Å². The number of hydrogen-bond acceptors (Lipinski definition) is 4. The summed E-state index contributed by atoms with van der Waals surface area (Å²) in [5.74, 6) is -0.589. The van der Waals surface area contributed by atoms with Gasteiger partial charge in [-0.25, -0.2) is 4.39 Å². The van der Waals surface area contributed by atoms with Crippen molar-refractivity contribution in [2.45, 2.75) is 13.2 Å². The van der Waals surface area contributed by atoms with Gasteiger partial charge in [0.2, 0.25) is 0 Å². The van der Waals surface area contributed by atoms with Crippen molar-refractivity contribution in [3.8, 4) is 5.75 Å². The molecular formula is C14H12ClFN2O3. The van der Waals surface area contributed by atoms with E-state index in [4.69, 9.17) is 22.1 Å². The van der Waals surface area contributed by atoms with E-state index in [9.17, 15) is 14.5 Å². The molecule has 21 heavy (non-hydrogen) atoms. The van der Waals surface area contributed by atoms with Crippen LogP contribution in [0.25, 0.3) is 0 Å². The molecule has 0 spiro atoms. The van der Waals surface area contributed by atoms with Crippen molar-refractivity contribution in [2.75, 3.05) is 0 Å². The number of benzene rings is 2. The second-order valence-electron chi connectivity index (χ2n) is 4.25. The molecule has 7 heteroatoms. The van der Waals surface area contributed by atoms with Gasteiger partial charge in [-0.1, -0.05) is 23.7 Å². The molecule has 0 heterocycles. The predicted molar refractivity (Wildman–Crippen MR) is 76.7 cm³/mol. The summed E-state index contributed by atoms with van der Waals surface area (Å²) >= 11 is 5.93. The molecule has 2 rings (SSSR count). The predicted octanol–water partition coefficient (Wildman–Crippen LogP) is 3.43. The third-order valence-electron chi connectivity index (χ3n) is 2.89.